The average molecular weight is 332 g/mol. The smallest absolute Gasteiger partial charge is 0.255 e. The van der Waals surface area contributed by atoms with Crippen molar-refractivity contribution < 1.29 is 9.59 Å². The molecule has 1 aromatic heterocycles. The lowest BCUT2D eigenvalue weighted by molar-refractivity contribution is -0.130. The molecule has 6 heteroatoms. The van der Waals surface area contributed by atoms with Crippen molar-refractivity contribution in [2.45, 2.75) is 51.1 Å². The number of likely N-dealkylation sites (N-methyl/N-ethyl adjacent to an activating group) is 1. The largest absolute Gasteiger partial charge is 0.356 e. The van der Waals surface area contributed by atoms with Gasteiger partial charge in [0, 0.05) is 33.4 Å². The summed E-state index contributed by atoms with van der Waals surface area (Å²) in [6.07, 6.45) is 7.69. The Hall–Kier alpha value is -2.11. The van der Waals surface area contributed by atoms with E-state index in [0.29, 0.717) is 17.4 Å². The summed E-state index contributed by atoms with van der Waals surface area (Å²) in [7, 11) is 5.36. The number of nitrogens with zero attached hydrogens (tertiary/aromatic N) is 3. The van der Waals surface area contributed by atoms with Crippen LogP contribution in [-0.4, -0.2) is 54.9 Å². The van der Waals surface area contributed by atoms with Crippen molar-refractivity contribution in [1.29, 1.82) is 0 Å². The second-order valence-corrected chi connectivity index (χ2v) is 6.71. The van der Waals surface area contributed by atoms with Gasteiger partial charge in [-0.15, -0.1) is 0 Å². The highest BCUT2D eigenvalue weighted by atomic mass is 16.2. The van der Waals surface area contributed by atoms with Crippen LogP contribution >= 0.6 is 0 Å². The van der Waals surface area contributed by atoms with E-state index in [9.17, 15) is 9.59 Å². The molecule has 1 aromatic rings. The van der Waals surface area contributed by atoms with Crippen LogP contribution < -0.4 is 10.2 Å². The van der Waals surface area contributed by atoms with Gasteiger partial charge in [0.25, 0.3) is 5.91 Å². The minimum Gasteiger partial charge on any atom is -0.356 e. The Morgan fingerprint density at radius 1 is 1.21 bits per heavy atom. The van der Waals surface area contributed by atoms with E-state index in [-0.39, 0.29) is 11.8 Å². The van der Waals surface area contributed by atoms with Crippen molar-refractivity contribution in [1.82, 2.24) is 15.2 Å². The fraction of sp³-hybridized carbons (Fsp3) is 0.611. The van der Waals surface area contributed by atoms with Crippen LogP contribution in [-0.2, 0) is 4.79 Å². The van der Waals surface area contributed by atoms with Crippen molar-refractivity contribution in [3.05, 3.63) is 23.9 Å². The summed E-state index contributed by atoms with van der Waals surface area (Å²) in [5, 5.41) is 2.78. The van der Waals surface area contributed by atoms with Crippen LogP contribution in [0.4, 0.5) is 5.82 Å². The van der Waals surface area contributed by atoms with Gasteiger partial charge in [-0.3, -0.25) is 9.59 Å². The van der Waals surface area contributed by atoms with Gasteiger partial charge in [-0.25, -0.2) is 4.98 Å². The first kappa shape index (κ1) is 18.2. The summed E-state index contributed by atoms with van der Waals surface area (Å²) in [6.45, 7) is 1.70. The maximum atomic E-state index is 12.6. The standard InChI is InChI=1S/C18H28N4O2/c1-13(18(24)21(2)3)20-17(23)15-11-8-12-19-16(15)22(4)14-9-6-5-7-10-14/h8,11-14H,5-7,9-10H2,1-4H3,(H,20,23). The van der Waals surface area contributed by atoms with Gasteiger partial charge in [0.1, 0.15) is 11.9 Å². The Kier molecular flexibility index (Phi) is 6.17. The molecular formula is C18H28N4O2. The first-order chi connectivity index (χ1) is 11.4. The molecule has 1 saturated carbocycles. The topological polar surface area (TPSA) is 65.5 Å². The minimum absolute atomic E-state index is 0.130. The highest BCUT2D eigenvalue weighted by molar-refractivity contribution is 6.01. The molecule has 1 unspecified atom stereocenters. The Morgan fingerprint density at radius 2 is 1.88 bits per heavy atom. The van der Waals surface area contributed by atoms with Crippen LogP contribution in [0.3, 0.4) is 0 Å². The van der Waals surface area contributed by atoms with Gasteiger partial charge in [-0.05, 0) is 31.9 Å². The number of anilines is 1. The first-order valence-corrected chi connectivity index (χ1v) is 8.61. The van der Waals surface area contributed by atoms with E-state index in [1.807, 2.05) is 7.05 Å². The van der Waals surface area contributed by atoms with Gasteiger partial charge >= 0.3 is 0 Å². The third-order valence-electron chi connectivity index (χ3n) is 4.65. The highest BCUT2D eigenvalue weighted by Gasteiger charge is 2.25. The van der Waals surface area contributed by atoms with E-state index in [1.165, 1.54) is 24.2 Å². The molecular weight excluding hydrogens is 304 g/mol. The lowest BCUT2D eigenvalue weighted by Gasteiger charge is -2.33. The third-order valence-corrected chi connectivity index (χ3v) is 4.65. The zero-order valence-corrected chi connectivity index (χ0v) is 15.1. The van der Waals surface area contributed by atoms with E-state index in [1.54, 1.807) is 39.3 Å². The zero-order chi connectivity index (χ0) is 17.7. The van der Waals surface area contributed by atoms with E-state index < -0.39 is 6.04 Å². The van der Waals surface area contributed by atoms with E-state index in [2.05, 4.69) is 15.2 Å². The van der Waals surface area contributed by atoms with E-state index >= 15 is 0 Å². The van der Waals surface area contributed by atoms with Crippen molar-refractivity contribution in [3.8, 4) is 0 Å². The fourth-order valence-corrected chi connectivity index (χ4v) is 3.22. The lowest BCUT2D eigenvalue weighted by atomic mass is 9.94. The number of carbonyl (C=O) groups excluding carboxylic acids is 2. The van der Waals surface area contributed by atoms with Crippen molar-refractivity contribution in [2.75, 3.05) is 26.0 Å². The molecule has 0 radical (unpaired) electrons. The number of aromatic nitrogens is 1. The van der Waals surface area contributed by atoms with Gasteiger partial charge in [0.15, 0.2) is 0 Å². The van der Waals surface area contributed by atoms with Crippen LogP contribution in [0.2, 0.25) is 0 Å². The second kappa shape index (κ2) is 8.13. The molecule has 0 spiro atoms. The molecule has 0 aliphatic heterocycles. The number of amides is 2. The Morgan fingerprint density at radius 3 is 2.50 bits per heavy atom. The maximum Gasteiger partial charge on any atom is 0.255 e. The molecule has 0 saturated heterocycles. The van der Waals surface area contributed by atoms with Crippen molar-refractivity contribution >= 4 is 17.6 Å². The number of hydrogen-bond acceptors (Lipinski definition) is 4. The SMILES string of the molecule is CC(NC(=O)c1cccnc1N(C)C1CCCCC1)C(=O)N(C)C. The number of rotatable bonds is 5. The number of nitrogens with one attached hydrogen (secondary N) is 1. The molecule has 1 fully saturated rings. The lowest BCUT2D eigenvalue weighted by Crippen LogP contribution is -2.45. The predicted octanol–water partition coefficient (Wildman–Crippen LogP) is 2.06. The average Bonchev–Trinajstić information content (AvgIpc) is 2.60. The monoisotopic (exact) mass is 332 g/mol. The molecule has 1 aliphatic carbocycles. The Labute approximate surface area is 144 Å². The van der Waals surface area contributed by atoms with Crippen LogP contribution in [0.1, 0.15) is 49.4 Å². The number of hydrogen-bond donors (Lipinski definition) is 1. The summed E-state index contributed by atoms with van der Waals surface area (Å²) in [5.74, 6) is 0.296. The normalized spacial score (nSPS) is 16.3. The first-order valence-electron chi connectivity index (χ1n) is 8.61. The van der Waals surface area contributed by atoms with Crippen LogP contribution in [0.15, 0.2) is 18.3 Å². The molecule has 1 aliphatic rings. The summed E-state index contributed by atoms with van der Waals surface area (Å²) in [5.41, 5.74) is 0.518. The molecule has 0 bridgehead atoms. The van der Waals surface area contributed by atoms with Crippen LogP contribution in [0, 0.1) is 0 Å². The van der Waals surface area contributed by atoms with Gasteiger partial charge in [0.2, 0.25) is 5.91 Å². The number of pyridine rings is 1. The Balaban J connectivity index is 2.15. The van der Waals surface area contributed by atoms with Gasteiger partial charge in [0.05, 0.1) is 5.56 Å². The minimum atomic E-state index is -0.569. The van der Waals surface area contributed by atoms with Gasteiger partial charge < -0.3 is 15.1 Å². The molecule has 24 heavy (non-hydrogen) atoms. The van der Waals surface area contributed by atoms with Crippen molar-refractivity contribution in [2.24, 2.45) is 0 Å². The number of carbonyl (C=O) groups is 2. The summed E-state index contributed by atoms with van der Waals surface area (Å²) >= 11 is 0. The summed E-state index contributed by atoms with van der Waals surface area (Å²) in [4.78, 5) is 32.6. The predicted molar refractivity (Wildman–Crippen MR) is 95.1 cm³/mol. The molecule has 6 nitrogen and oxygen atoms in total. The van der Waals surface area contributed by atoms with Crippen LogP contribution in [0.25, 0.3) is 0 Å². The van der Waals surface area contributed by atoms with Crippen molar-refractivity contribution in [3.63, 3.8) is 0 Å². The Bertz CT molecular complexity index is 582. The van der Waals surface area contributed by atoms with E-state index in [0.717, 1.165) is 12.8 Å². The molecule has 2 rings (SSSR count). The molecule has 132 valence electrons. The highest BCUT2D eigenvalue weighted by Crippen LogP contribution is 2.26. The molecule has 1 heterocycles. The molecule has 0 aromatic carbocycles. The quantitative estimate of drug-likeness (QED) is 0.896. The maximum absolute atomic E-state index is 12.6. The zero-order valence-electron chi connectivity index (χ0n) is 15.1. The third kappa shape index (κ3) is 4.24. The second-order valence-electron chi connectivity index (χ2n) is 6.71. The van der Waals surface area contributed by atoms with Gasteiger partial charge in [-0.1, -0.05) is 19.3 Å². The summed E-state index contributed by atoms with van der Waals surface area (Å²) < 4.78 is 0. The van der Waals surface area contributed by atoms with Crippen LogP contribution in [0.5, 0.6) is 0 Å². The fourth-order valence-electron chi connectivity index (χ4n) is 3.22. The molecule has 2 amide bonds. The molecule has 1 N–H and O–H groups in total. The van der Waals surface area contributed by atoms with Gasteiger partial charge in [-0.2, -0.15) is 0 Å². The van der Waals surface area contributed by atoms with E-state index in [4.69, 9.17) is 0 Å². The molecule has 1 atom stereocenters. The summed E-state index contributed by atoms with van der Waals surface area (Å²) in [6, 6.07) is 3.37.